The van der Waals surface area contributed by atoms with Gasteiger partial charge < -0.3 is 14.8 Å². The van der Waals surface area contributed by atoms with E-state index < -0.39 is 0 Å². The Morgan fingerprint density at radius 1 is 1.40 bits per heavy atom. The fourth-order valence-corrected chi connectivity index (χ4v) is 2.88. The minimum absolute atomic E-state index is 0.00843. The highest BCUT2D eigenvalue weighted by Crippen LogP contribution is 2.29. The highest BCUT2D eigenvalue weighted by atomic mass is 79.9. The molecule has 5 nitrogen and oxygen atoms in total. The highest BCUT2D eigenvalue weighted by Gasteiger charge is 2.33. The lowest BCUT2D eigenvalue weighted by atomic mass is 10.0. The average molecular weight is 343 g/mol. The molecule has 1 aromatic rings. The average Bonchev–Trinajstić information content (AvgIpc) is 2.46. The Labute approximate surface area is 127 Å². The predicted octanol–water partition coefficient (Wildman–Crippen LogP) is 1.54. The van der Waals surface area contributed by atoms with Crippen LogP contribution in [-0.2, 0) is 14.3 Å². The van der Waals surface area contributed by atoms with E-state index in [1.807, 2.05) is 24.3 Å². The van der Waals surface area contributed by atoms with Crippen LogP contribution in [0.25, 0.3) is 0 Å². The molecule has 0 unspecified atom stereocenters. The first-order chi connectivity index (χ1) is 9.67. The number of rotatable bonds is 5. The Kier molecular flexibility index (Phi) is 5.54. The van der Waals surface area contributed by atoms with Crippen LogP contribution in [0.3, 0.4) is 0 Å². The summed E-state index contributed by atoms with van der Waals surface area (Å²) in [5, 5.41) is 2.91. The Hall–Kier alpha value is -0.950. The van der Waals surface area contributed by atoms with Crippen molar-refractivity contribution < 1.29 is 14.3 Å². The van der Waals surface area contributed by atoms with Crippen molar-refractivity contribution in [1.29, 1.82) is 0 Å². The molecular formula is C14H19BrN2O3. The Morgan fingerprint density at radius 3 is 2.75 bits per heavy atom. The summed E-state index contributed by atoms with van der Waals surface area (Å²) in [6.07, 6.45) is -0.342. The van der Waals surface area contributed by atoms with Gasteiger partial charge in [-0.1, -0.05) is 34.1 Å². The summed E-state index contributed by atoms with van der Waals surface area (Å²) >= 11 is 3.52. The van der Waals surface area contributed by atoms with Crippen molar-refractivity contribution in [2.75, 3.05) is 33.9 Å². The molecule has 0 saturated carbocycles. The van der Waals surface area contributed by atoms with E-state index in [-0.39, 0.29) is 18.2 Å². The van der Waals surface area contributed by atoms with E-state index in [9.17, 15) is 4.79 Å². The molecule has 1 fully saturated rings. The van der Waals surface area contributed by atoms with Crippen LogP contribution in [0.5, 0.6) is 0 Å². The minimum atomic E-state index is -0.342. The number of nitrogens with zero attached hydrogens (tertiary/aromatic N) is 1. The molecule has 1 amide bonds. The van der Waals surface area contributed by atoms with Gasteiger partial charge in [-0.25, -0.2) is 0 Å². The molecule has 1 aliphatic rings. The number of ether oxygens (including phenoxy) is 2. The van der Waals surface area contributed by atoms with Crippen LogP contribution in [-0.4, -0.2) is 51.0 Å². The number of benzene rings is 1. The maximum atomic E-state index is 12.3. The molecule has 0 aromatic heterocycles. The van der Waals surface area contributed by atoms with Gasteiger partial charge in [0.05, 0.1) is 6.54 Å². The van der Waals surface area contributed by atoms with Gasteiger partial charge in [0, 0.05) is 31.8 Å². The molecule has 0 spiro atoms. The lowest BCUT2D eigenvalue weighted by molar-refractivity contribution is -0.140. The first-order valence-electron chi connectivity index (χ1n) is 6.49. The zero-order valence-electron chi connectivity index (χ0n) is 11.6. The standard InChI is InChI=1S/C14H19BrN2O3/c1-19-12(20-2)9-17-8-7-16-14(18)13(17)10-5-3-4-6-11(10)15/h3-6,12-13H,7-9H2,1-2H3,(H,16,18)/t13-/m0/s1. The molecule has 1 aliphatic heterocycles. The molecule has 1 aromatic carbocycles. The maximum absolute atomic E-state index is 12.3. The summed E-state index contributed by atoms with van der Waals surface area (Å²) in [5.41, 5.74) is 0.954. The van der Waals surface area contributed by atoms with Crippen LogP contribution >= 0.6 is 15.9 Å². The van der Waals surface area contributed by atoms with Crippen LogP contribution in [0.4, 0.5) is 0 Å². The molecular weight excluding hydrogens is 324 g/mol. The van der Waals surface area contributed by atoms with Crippen LogP contribution in [0.2, 0.25) is 0 Å². The predicted molar refractivity (Wildman–Crippen MR) is 79.3 cm³/mol. The van der Waals surface area contributed by atoms with Crippen LogP contribution in [0.15, 0.2) is 28.7 Å². The lowest BCUT2D eigenvalue weighted by Gasteiger charge is -2.37. The Bertz CT molecular complexity index is 465. The van der Waals surface area contributed by atoms with Crippen molar-refractivity contribution in [3.63, 3.8) is 0 Å². The van der Waals surface area contributed by atoms with E-state index in [0.29, 0.717) is 13.1 Å². The SMILES string of the molecule is COC(CN1CCNC(=O)[C@@H]1c1ccccc1Br)OC. The molecule has 6 heteroatoms. The van der Waals surface area contributed by atoms with Crippen molar-refractivity contribution in [3.05, 3.63) is 34.3 Å². The quantitative estimate of drug-likeness (QED) is 0.824. The van der Waals surface area contributed by atoms with Gasteiger partial charge in [-0.2, -0.15) is 0 Å². The number of halogens is 1. The zero-order chi connectivity index (χ0) is 14.5. The number of methoxy groups -OCH3 is 2. The minimum Gasteiger partial charge on any atom is -0.355 e. The molecule has 1 atom stereocenters. The van der Waals surface area contributed by atoms with E-state index >= 15 is 0 Å². The van der Waals surface area contributed by atoms with E-state index in [1.54, 1.807) is 14.2 Å². The second kappa shape index (κ2) is 7.17. The number of nitrogens with one attached hydrogen (secondary N) is 1. The number of hydrogen-bond donors (Lipinski definition) is 1. The van der Waals surface area contributed by atoms with Gasteiger partial charge in [0.25, 0.3) is 0 Å². The molecule has 0 radical (unpaired) electrons. The van der Waals surface area contributed by atoms with Crippen molar-refractivity contribution in [2.45, 2.75) is 12.3 Å². The van der Waals surface area contributed by atoms with Gasteiger partial charge in [0.1, 0.15) is 6.04 Å². The third-order valence-corrected chi connectivity index (χ3v) is 4.14. The third-order valence-electron chi connectivity index (χ3n) is 3.42. The fraction of sp³-hybridized carbons (Fsp3) is 0.500. The van der Waals surface area contributed by atoms with Crippen LogP contribution < -0.4 is 5.32 Å². The zero-order valence-corrected chi connectivity index (χ0v) is 13.2. The van der Waals surface area contributed by atoms with Crippen molar-refractivity contribution in [2.24, 2.45) is 0 Å². The van der Waals surface area contributed by atoms with Gasteiger partial charge in [-0.3, -0.25) is 9.69 Å². The Morgan fingerprint density at radius 2 is 2.10 bits per heavy atom. The topological polar surface area (TPSA) is 50.8 Å². The number of carbonyl (C=O) groups is 1. The molecule has 20 heavy (non-hydrogen) atoms. The summed E-state index contributed by atoms with van der Waals surface area (Å²) in [7, 11) is 3.21. The van der Waals surface area contributed by atoms with Crippen LogP contribution in [0.1, 0.15) is 11.6 Å². The van der Waals surface area contributed by atoms with Gasteiger partial charge in [-0.15, -0.1) is 0 Å². The van der Waals surface area contributed by atoms with Crippen molar-refractivity contribution in [3.8, 4) is 0 Å². The van der Waals surface area contributed by atoms with Crippen molar-refractivity contribution >= 4 is 21.8 Å². The molecule has 1 saturated heterocycles. The molecule has 2 rings (SSSR count). The second-order valence-electron chi connectivity index (χ2n) is 4.61. The number of hydrogen-bond acceptors (Lipinski definition) is 4. The lowest BCUT2D eigenvalue weighted by Crippen LogP contribution is -2.52. The second-order valence-corrected chi connectivity index (χ2v) is 5.47. The molecule has 0 bridgehead atoms. The van der Waals surface area contributed by atoms with Gasteiger partial charge in [0.15, 0.2) is 6.29 Å². The largest absolute Gasteiger partial charge is 0.355 e. The fourth-order valence-electron chi connectivity index (χ4n) is 2.38. The van der Waals surface area contributed by atoms with E-state index in [4.69, 9.17) is 9.47 Å². The molecule has 1 heterocycles. The highest BCUT2D eigenvalue weighted by molar-refractivity contribution is 9.10. The normalized spacial score (nSPS) is 20.2. The van der Waals surface area contributed by atoms with Gasteiger partial charge in [0.2, 0.25) is 5.91 Å². The summed E-state index contributed by atoms with van der Waals surface area (Å²) in [6.45, 7) is 1.95. The van der Waals surface area contributed by atoms with E-state index in [0.717, 1.165) is 16.6 Å². The first-order valence-corrected chi connectivity index (χ1v) is 7.28. The molecule has 110 valence electrons. The maximum Gasteiger partial charge on any atom is 0.242 e. The van der Waals surface area contributed by atoms with E-state index in [1.165, 1.54) is 0 Å². The van der Waals surface area contributed by atoms with Crippen LogP contribution in [0, 0.1) is 0 Å². The van der Waals surface area contributed by atoms with E-state index in [2.05, 4.69) is 26.1 Å². The summed E-state index contributed by atoms with van der Waals surface area (Å²) in [4.78, 5) is 14.3. The number of amides is 1. The Balaban J connectivity index is 2.25. The smallest absolute Gasteiger partial charge is 0.242 e. The van der Waals surface area contributed by atoms with Crippen molar-refractivity contribution in [1.82, 2.24) is 10.2 Å². The summed E-state index contributed by atoms with van der Waals surface area (Å²) < 4.78 is 11.4. The van der Waals surface area contributed by atoms with Gasteiger partial charge >= 0.3 is 0 Å². The number of piperazine rings is 1. The first kappa shape index (κ1) is 15.4. The summed E-state index contributed by atoms with van der Waals surface area (Å²) in [6, 6.07) is 7.45. The monoisotopic (exact) mass is 342 g/mol. The van der Waals surface area contributed by atoms with Gasteiger partial charge in [-0.05, 0) is 11.6 Å². The third kappa shape index (κ3) is 3.38. The number of carbonyl (C=O) groups excluding carboxylic acids is 1. The summed E-state index contributed by atoms with van der Waals surface area (Å²) in [5.74, 6) is 0.00843. The molecule has 1 N–H and O–H groups in total. The molecule has 0 aliphatic carbocycles.